The van der Waals surface area contributed by atoms with Crippen molar-refractivity contribution in [1.82, 2.24) is 0 Å². The van der Waals surface area contributed by atoms with Crippen LogP contribution in [0.5, 0.6) is 11.5 Å². The van der Waals surface area contributed by atoms with E-state index in [2.05, 4.69) is 19.1 Å². The number of carbonyl (C=O) groups excluding carboxylic acids is 1. The van der Waals surface area contributed by atoms with Crippen molar-refractivity contribution in [2.45, 2.75) is 26.2 Å². The van der Waals surface area contributed by atoms with E-state index >= 15 is 0 Å². The third-order valence-corrected chi connectivity index (χ3v) is 3.64. The molecule has 4 nitrogen and oxygen atoms in total. The molecule has 4 heteroatoms. The highest BCUT2D eigenvalue weighted by Gasteiger charge is 2.05. The Morgan fingerprint density at radius 1 is 0.958 bits per heavy atom. The van der Waals surface area contributed by atoms with Crippen LogP contribution in [0.1, 0.15) is 34.8 Å². The molecule has 0 spiro atoms. The molecule has 0 atom stereocenters. The Balaban J connectivity index is 1.96. The Morgan fingerprint density at radius 2 is 1.67 bits per heavy atom. The Bertz CT molecular complexity index is 635. The first-order valence-corrected chi connectivity index (χ1v) is 8.18. The number of aryl methyl sites for hydroxylation is 2. The van der Waals surface area contributed by atoms with Crippen molar-refractivity contribution in [3.05, 3.63) is 59.2 Å². The van der Waals surface area contributed by atoms with E-state index in [0.717, 1.165) is 43.5 Å². The van der Waals surface area contributed by atoms with Gasteiger partial charge in [-0.25, -0.2) is 0 Å². The molecule has 0 bridgehead atoms. The molecule has 0 aliphatic carbocycles. The first kappa shape index (κ1) is 18.0. The lowest BCUT2D eigenvalue weighted by atomic mass is 10.0. The number of ether oxygens (including phenoxy) is 3. The van der Waals surface area contributed by atoms with E-state index in [-0.39, 0.29) is 6.79 Å². The largest absolute Gasteiger partial charge is 0.494 e. The molecule has 0 saturated carbocycles. The van der Waals surface area contributed by atoms with Crippen LogP contribution < -0.4 is 9.47 Å². The highest BCUT2D eigenvalue weighted by Crippen LogP contribution is 2.21. The van der Waals surface area contributed by atoms with Crippen molar-refractivity contribution in [2.24, 2.45) is 0 Å². The van der Waals surface area contributed by atoms with Crippen LogP contribution in [-0.2, 0) is 17.6 Å². The minimum absolute atomic E-state index is 0.128. The maximum atomic E-state index is 11.1. The fourth-order valence-electron chi connectivity index (χ4n) is 2.34. The molecular weight excluding hydrogens is 304 g/mol. The van der Waals surface area contributed by atoms with Crippen LogP contribution in [0.25, 0.3) is 0 Å². The second-order valence-electron chi connectivity index (χ2n) is 5.53. The molecule has 0 amide bonds. The summed E-state index contributed by atoms with van der Waals surface area (Å²) in [7, 11) is 1.55. The number of methoxy groups -OCH3 is 1. The van der Waals surface area contributed by atoms with Gasteiger partial charge in [-0.1, -0.05) is 25.1 Å². The topological polar surface area (TPSA) is 44.8 Å². The Morgan fingerprint density at radius 3 is 2.33 bits per heavy atom. The van der Waals surface area contributed by atoms with Crippen molar-refractivity contribution in [1.29, 1.82) is 0 Å². The fourth-order valence-corrected chi connectivity index (χ4v) is 2.34. The molecule has 0 aliphatic heterocycles. The van der Waals surface area contributed by atoms with Crippen LogP contribution in [0.2, 0.25) is 0 Å². The van der Waals surface area contributed by atoms with Gasteiger partial charge in [-0.3, -0.25) is 4.79 Å². The highest BCUT2D eigenvalue weighted by atomic mass is 16.7. The third-order valence-electron chi connectivity index (χ3n) is 3.64. The van der Waals surface area contributed by atoms with Crippen molar-refractivity contribution < 1.29 is 19.0 Å². The lowest BCUT2D eigenvalue weighted by Crippen LogP contribution is -2.02. The Kier molecular flexibility index (Phi) is 7.30. The molecule has 0 fully saturated rings. The minimum atomic E-state index is 0.128. The monoisotopic (exact) mass is 328 g/mol. The van der Waals surface area contributed by atoms with Gasteiger partial charge in [0.05, 0.1) is 12.2 Å². The summed E-state index contributed by atoms with van der Waals surface area (Å²) in [5, 5.41) is 0. The molecule has 0 aliphatic rings. The van der Waals surface area contributed by atoms with Crippen LogP contribution in [0.4, 0.5) is 0 Å². The summed E-state index contributed by atoms with van der Waals surface area (Å²) >= 11 is 0. The van der Waals surface area contributed by atoms with E-state index in [1.807, 2.05) is 24.3 Å². The molecule has 0 aromatic heterocycles. The van der Waals surface area contributed by atoms with E-state index in [0.29, 0.717) is 11.3 Å². The van der Waals surface area contributed by atoms with Crippen molar-refractivity contribution in [2.75, 3.05) is 20.5 Å². The summed E-state index contributed by atoms with van der Waals surface area (Å²) < 4.78 is 15.9. The van der Waals surface area contributed by atoms with Gasteiger partial charge in [-0.15, -0.1) is 0 Å². The normalized spacial score (nSPS) is 10.4. The van der Waals surface area contributed by atoms with Crippen molar-refractivity contribution in [3.63, 3.8) is 0 Å². The van der Waals surface area contributed by atoms with E-state index in [1.54, 1.807) is 13.2 Å². The molecule has 0 saturated heterocycles. The number of aldehydes is 1. The summed E-state index contributed by atoms with van der Waals surface area (Å²) in [4.78, 5) is 11.1. The maximum Gasteiger partial charge on any atom is 0.188 e. The molecule has 0 heterocycles. The van der Waals surface area contributed by atoms with Gasteiger partial charge >= 0.3 is 0 Å². The summed E-state index contributed by atoms with van der Waals surface area (Å²) in [6, 6.07) is 13.8. The molecule has 2 rings (SSSR count). The SMILES string of the molecule is CCCOc1ccc(CCc2ccc(C=O)c(OCOC)c2)cc1. The smallest absolute Gasteiger partial charge is 0.188 e. The zero-order valence-corrected chi connectivity index (χ0v) is 14.3. The summed E-state index contributed by atoms with van der Waals surface area (Å²) in [6.07, 6.45) is 3.59. The molecule has 2 aromatic carbocycles. The predicted molar refractivity (Wildman–Crippen MR) is 94.0 cm³/mol. The second kappa shape index (κ2) is 9.73. The van der Waals surface area contributed by atoms with E-state index in [1.165, 1.54) is 5.56 Å². The van der Waals surface area contributed by atoms with E-state index in [4.69, 9.17) is 14.2 Å². The summed E-state index contributed by atoms with van der Waals surface area (Å²) in [5.74, 6) is 1.47. The van der Waals surface area contributed by atoms with Gasteiger partial charge in [0.25, 0.3) is 0 Å². The summed E-state index contributed by atoms with van der Waals surface area (Å²) in [6.45, 7) is 2.96. The van der Waals surface area contributed by atoms with Gasteiger partial charge in [0.1, 0.15) is 11.5 Å². The zero-order chi connectivity index (χ0) is 17.2. The average Bonchev–Trinajstić information content (AvgIpc) is 2.63. The lowest BCUT2D eigenvalue weighted by Gasteiger charge is -2.10. The van der Waals surface area contributed by atoms with Gasteiger partial charge in [0.15, 0.2) is 13.1 Å². The van der Waals surface area contributed by atoms with Crippen LogP contribution in [0, 0.1) is 0 Å². The maximum absolute atomic E-state index is 11.1. The number of benzene rings is 2. The summed E-state index contributed by atoms with van der Waals surface area (Å²) in [5.41, 5.74) is 2.91. The highest BCUT2D eigenvalue weighted by molar-refractivity contribution is 5.79. The molecule has 128 valence electrons. The molecule has 0 N–H and O–H groups in total. The predicted octanol–water partition coefficient (Wildman–Crippen LogP) is 4.06. The van der Waals surface area contributed by atoms with Gasteiger partial charge < -0.3 is 14.2 Å². The Hall–Kier alpha value is -2.33. The van der Waals surface area contributed by atoms with E-state index < -0.39 is 0 Å². The van der Waals surface area contributed by atoms with Gasteiger partial charge in [-0.2, -0.15) is 0 Å². The third kappa shape index (κ3) is 5.39. The molecule has 24 heavy (non-hydrogen) atoms. The van der Waals surface area contributed by atoms with Crippen molar-refractivity contribution in [3.8, 4) is 11.5 Å². The van der Waals surface area contributed by atoms with Crippen LogP contribution in [0.3, 0.4) is 0 Å². The Labute approximate surface area is 143 Å². The van der Waals surface area contributed by atoms with Gasteiger partial charge in [-0.05, 0) is 54.7 Å². The fraction of sp³-hybridized carbons (Fsp3) is 0.350. The van der Waals surface area contributed by atoms with Crippen LogP contribution >= 0.6 is 0 Å². The molecular formula is C20H24O4. The number of hydrogen-bond donors (Lipinski definition) is 0. The molecule has 0 unspecified atom stereocenters. The number of rotatable bonds is 10. The first-order valence-electron chi connectivity index (χ1n) is 8.18. The molecule has 0 radical (unpaired) electrons. The minimum Gasteiger partial charge on any atom is -0.494 e. The molecule has 2 aromatic rings. The van der Waals surface area contributed by atoms with Crippen LogP contribution in [-0.4, -0.2) is 26.8 Å². The lowest BCUT2D eigenvalue weighted by molar-refractivity contribution is 0.0505. The van der Waals surface area contributed by atoms with Gasteiger partial charge in [0.2, 0.25) is 0 Å². The van der Waals surface area contributed by atoms with Crippen molar-refractivity contribution >= 4 is 6.29 Å². The zero-order valence-electron chi connectivity index (χ0n) is 14.3. The first-order chi connectivity index (χ1) is 11.8. The quantitative estimate of drug-likeness (QED) is 0.487. The standard InChI is InChI=1S/C20H24O4/c1-3-12-23-19-10-7-16(8-11-19)4-5-17-6-9-18(14-21)20(13-17)24-15-22-2/h6-11,13-14H,3-5,12,15H2,1-2H3. The number of hydrogen-bond acceptors (Lipinski definition) is 4. The van der Waals surface area contributed by atoms with Crippen LogP contribution in [0.15, 0.2) is 42.5 Å². The second-order valence-corrected chi connectivity index (χ2v) is 5.53. The number of carbonyl (C=O) groups is 1. The van der Waals surface area contributed by atoms with Gasteiger partial charge in [0, 0.05) is 7.11 Å². The average molecular weight is 328 g/mol. The van der Waals surface area contributed by atoms with E-state index in [9.17, 15) is 4.79 Å².